The maximum absolute atomic E-state index is 6.73. The first kappa shape index (κ1) is 20.3. The summed E-state index contributed by atoms with van der Waals surface area (Å²) in [5.74, 6) is 0.772. The highest BCUT2D eigenvalue weighted by atomic mass is 35.5. The van der Waals surface area contributed by atoms with Crippen LogP contribution in [0.15, 0.2) is 24.3 Å². The molecular weight excluding hydrogens is 381 g/mol. The predicted molar refractivity (Wildman–Crippen MR) is 111 cm³/mol. The van der Waals surface area contributed by atoms with Gasteiger partial charge in [0, 0.05) is 10.0 Å². The molecule has 0 spiro atoms. The maximum atomic E-state index is 6.73. The lowest BCUT2D eigenvalue weighted by Gasteiger charge is -2.35. The highest BCUT2D eigenvalue weighted by Gasteiger charge is 2.38. The molecule has 5 nitrogen and oxygen atoms in total. The first-order valence-electron chi connectivity index (χ1n) is 9.41. The first-order valence-corrected chi connectivity index (χ1v) is 10.2. The molecule has 146 valence electrons. The van der Waals surface area contributed by atoms with E-state index in [9.17, 15) is 0 Å². The molecule has 2 N–H and O–H groups in total. The highest BCUT2D eigenvalue weighted by Crippen LogP contribution is 2.38. The van der Waals surface area contributed by atoms with E-state index in [0.29, 0.717) is 10.0 Å². The van der Waals surface area contributed by atoms with Crippen molar-refractivity contribution in [1.82, 2.24) is 20.2 Å². The average molecular weight is 408 g/mol. The fourth-order valence-electron chi connectivity index (χ4n) is 3.68. The van der Waals surface area contributed by atoms with Crippen LogP contribution in [0.5, 0.6) is 0 Å². The normalized spacial score (nSPS) is 18.7. The van der Waals surface area contributed by atoms with E-state index in [-0.39, 0.29) is 11.5 Å². The van der Waals surface area contributed by atoms with Gasteiger partial charge in [0.25, 0.3) is 0 Å². The van der Waals surface area contributed by atoms with Gasteiger partial charge in [-0.05, 0) is 46.4 Å². The number of rotatable bonds is 4. The van der Waals surface area contributed by atoms with E-state index in [0.717, 1.165) is 37.1 Å². The van der Waals surface area contributed by atoms with Crippen molar-refractivity contribution < 1.29 is 0 Å². The summed E-state index contributed by atoms with van der Waals surface area (Å²) in [6, 6.07) is 5.43. The van der Waals surface area contributed by atoms with E-state index < -0.39 is 5.54 Å². The smallest absolute Gasteiger partial charge is 0.171 e. The molecule has 1 heterocycles. The summed E-state index contributed by atoms with van der Waals surface area (Å²) in [7, 11) is 0. The van der Waals surface area contributed by atoms with Crippen molar-refractivity contribution in [2.45, 2.75) is 64.5 Å². The lowest BCUT2D eigenvalue weighted by atomic mass is 9.80. The quantitative estimate of drug-likeness (QED) is 0.736. The summed E-state index contributed by atoms with van der Waals surface area (Å²) in [6.07, 6.45) is 9.37. The van der Waals surface area contributed by atoms with Crippen molar-refractivity contribution in [1.29, 1.82) is 0 Å². The molecule has 0 saturated heterocycles. The molecule has 27 heavy (non-hydrogen) atoms. The molecular formula is C20H27Cl2N5. The zero-order valence-corrected chi connectivity index (χ0v) is 17.6. The van der Waals surface area contributed by atoms with Crippen LogP contribution in [0, 0.1) is 5.41 Å². The molecule has 1 saturated carbocycles. The van der Waals surface area contributed by atoms with Crippen LogP contribution < -0.4 is 5.73 Å². The molecule has 7 heteroatoms. The van der Waals surface area contributed by atoms with Gasteiger partial charge in [-0.3, -0.25) is 0 Å². The fourth-order valence-corrected chi connectivity index (χ4v) is 4.16. The molecule has 1 aliphatic rings. The summed E-state index contributed by atoms with van der Waals surface area (Å²) in [6.45, 7) is 6.50. The molecule has 0 bridgehead atoms. The molecule has 3 rings (SSSR count). The van der Waals surface area contributed by atoms with Crippen molar-refractivity contribution in [3.8, 4) is 0 Å². The van der Waals surface area contributed by atoms with Crippen molar-refractivity contribution in [2.75, 3.05) is 0 Å². The van der Waals surface area contributed by atoms with Crippen LogP contribution in [0.25, 0.3) is 6.08 Å². The minimum absolute atomic E-state index is 0.0587. The fraction of sp³-hybridized carbons (Fsp3) is 0.550. The van der Waals surface area contributed by atoms with Crippen LogP contribution in [0.2, 0.25) is 10.0 Å². The Morgan fingerprint density at radius 1 is 1.19 bits per heavy atom. The third-order valence-corrected chi connectivity index (χ3v) is 5.82. The minimum Gasteiger partial charge on any atom is -0.319 e. The molecule has 1 aliphatic carbocycles. The largest absolute Gasteiger partial charge is 0.319 e. The van der Waals surface area contributed by atoms with E-state index in [4.69, 9.17) is 28.9 Å². The van der Waals surface area contributed by atoms with Crippen LogP contribution in [0.3, 0.4) is 0 Å². The Morgan fingerprint density at radius 3 is 2.52 bits per heavy atom. The van der Waals surface area contributed by atoms with Crippen LogP contribution in [-0.2, 0) is 5.54 Å². The average Bonchev–Trinajstić information content (AvgIpc) is 3.06. The van der Waals surface area contributed by atoms with Crippen molar-refractivity contribution in [3.63, 3.8) is 0 Å². The van der Waals surface area contributed by atoms with Crippen molar-refractivity contribution in [3.05, 3.63) is 45.7 Å². The number of tetrazole rings is 1. The highest BCUT2D eigenvalue weighted by molar-refractivity contribution is 6.35. The monoisotopic (exact) mass is 407 g/mol. The van der Waals surface area contributed by atoms with Gasteiger partial charge in [0.05, 0.1) is 11.6 Å². The number of halogens is 2. The van der Waals surface area contributed by atoms with E-state index >= 15 is 0 Å². The lowest BCUT2D eigenvalue weighted by Crippen LogP contribution is -2.43. The second kappa shape index (κ2) is 7.90. The molecule has 2 aromatic rings. The van der Waals surface area contributed by atoms with Crippen LogP contribution >= 0.6 is 23.2 Å². The molecule has 1 fully saturated rings. The first-order chi connectivity index (χ1) is 12.7. The number of benzene rings is 1. The second-order valence-corrected chi connectivity index (χ2v) is 9.34. The topological polar surface area (TPSA) is 69.6 Å². The predicted octanol–water partition coefficient (Wildman–Crippen LogP) is 5.40. The van der Waals surface area contributed by atoms with Crippen LogP contribution in [0.4, 0.5) is 0 Å². The lowest BCUT2D eigenvalue weighted by molar-refractivity contribution is 0.226. The van der Waals surface area contributed by atoms with Gasteiger partial charge in [-0.2, -0.15) is 0 Å². The third kappa shape index (κ3) is 4.53. The molecule has 1 atom stereocenters. The third-order valence-electron chi connectivity index (χ3n) is 5.26. The number of hydrogen-bond donors (Lipinski definition) is 1. The Kier molecular flexibility index (Phi) is 5.94. The number of allylic oxidation sites excluding steroid dienone is 1. The van der Waals surface area contributed by atoms with Crippen molar-refractivity contribution in [2.24, 2.45) is 11.1 Å². The SMILES string of the molecule is CC(C)(C)C(C=Cc1ccc(Cl)cc1Cl)n1nnnc1C1(N)CCCCC1. The standard InChI is InChI=1S/C20H27Cl2N5/c1-19(2,3)17(10-8-14-7-9-15(21)13-16(14)22)27-18(24-25-26-27)20(23)11-5-4-6-12-20/h7-10,13,17H,4-6,11-12,23H2,1-3H3. The number of nitrogens with zero attached hydrogens (tertiary/aromatic N) is 4. The van der Waals surface area contributed by atoms with E-state index in [1.165, 1.54) is 6.42 Å². The zero-order valence-electron chi connectivity index (χ0n) is 16.1. The molecule has 0 aliphatic heterocycles. The van der Waals surface area contributed by atoms with Gasteiger partial charge >= 0.3 is 0 Å². The molecule has 0 amide bonds. The second-order valence-electron chi connectivity index (χ2n) is 8.50. The summed E-state index contributed by atoms with van der Waals surface area (Å²) >= 11 is 12.3. The van der Waals surface area contributed by atoms with E-state index in [2.05, 4.69) is 42.4 Å². The molecule has 0 radical (unpaired) electrons. The van der Waals surface area contributed by atoms with Crippen LogP contribution in [-0.4, -0.2) is 20.2 Å². The zero-order chi connectivity index (χ0) is 19.7. The van der Waals surface area contributed by atoms with Gasteiger partial charge in [0.15, 0.2) is 5.82 Å². The van der Waals surface area contributed by atoms with Crippen molar-refractivity contribution >= 4 is 29.3 Å². The number of nitrogens with two attached hydrogens (primary N) is 1. The van der Waals surface area contributed by atoms with Gasteiger partial charge < -0.3 is 5.73 Å². The Hall–Kier alpha value is -1.43. The Morgan fingerprint density at radius 2 is 1.89 bits per heavy atom. The van der Waals surface area contributed by atoms with E-state index in [1.807, 2.05) is 22.9 Å². The summed E-state index contributed by atoms with van der Waals surface area (Å²) < 4.78 is 1.89. The maximum Gasteiger partial charge on any atom is 0.171 e. The van der Waals surface area contributed by atoms with Crippen LogP contribution in [0.1, 0.15) is 70.3 Å². The van der Waals surface area contributed by atoms with Gasteiger partial charge in [0.2, 0.25) is 0 Å². The Bertz CT molecular complexity index is 816. The van der Waals surface area contributed by atoms with E-state index in [1.54, 1.807) is 6.07 Å². The van der Waals surface area contributed by atoms with Gasteiger partial charge in [-0.25, -0.2) is 4.68 Å². The summed E-state index contributed by atoms with van der Waals surface area (Å²) in [5, 5.41) is 13.9. The summed E-state index contributed by atoms with van der Waals surface area (Å²) in [5.41, 5.74) is 7.07. The molecule has 1 unspecified atom stereocenters. The minimum atomic E-state index is -0.461. The summed E-state index contributed by atoms with van der Waals surface area (Å²) in [4.78, 5) is 0. The number of aromatic nitrogens is 4. The van der Waals surface area contributed by atoms with Gasteiger partial charge in [0.1, 0.15) is 0 Å². The number of hydrogen-bond acceptors (Lipinski definition) is 4. The Labute approximate surface area is 170 Å². The molecule has 1 aromatic carbocycles. The van der Waals surface area contributed by atoms with Gasteiger partial charge in [-0.15, -0.1) is 5.10 Å². The Balaban J connectivity index is 1.97. The molecule has 1 aromatic heterocycles. The van der Waals surface area contributed by atoms with Gasteiger partial charge in [-0.1, -0.05) is 81.5 Å².